The molecular weight excluding hydrogens is 263 g/mol. The van der Waals surface area contributed by atoms with Crippen molar-refractivity contribution >= 4 is 5.91 Å². The standard InChI is InChI=1S/C14H29FN2O3/c1-4-12(3)16-6-7-19-8-9-20-11-13(15)10-17-14(18)5-2/h12-13,16H,4-11H2,1-3H3,(H,17,18). The first-order chi connectivity index (χ1) is 9.60. The van der Waals surface area contributed by atoms with Gasteiger partial charge in [-0.05, 0) is 13.3 Å². The molecule has 0 radical (unpaired) electrons. The minimum atomic E-state index is -1.17. The van der Waals surface area contributed by atoms with Crippen molar-refractivity contribution in [3.05, 3.63) is 0 Å². The molecule has 0 spiro atoms. The number of nitrogens with one attached hydrogen (secondary N) is 2. The summed E-state index contributed by atoms with van der Waals surface area (Å²) in [5.41, 5.74) is 0. The fraction of sp³-hybridized carbons (Fsp3) is 0.929. The second-order valence-electron chi connectivity index (χ2n) is 4.71. The molecule has 5 nitrogen and oxygen atoms in total. The predicted octanol–water partition coefficient (Wildman–Crippen LogP) is 1.27. The minimum Gasteiger partial charge on any atom is -0.378 e. The Morgan fingerprint density at radius 1 is 1.20 bits per heavy atom. The van der Waals surface area contributed by atoms with Crippen LogP contribution in [0, 0.1) is 0 Å². The number of carbonyl (C=O) groups excluding carboxylic acids is 1. The Balaban J connectivity index is 3.25. The van der Waals surface area contributed by atoms with Crippen molar-refractivity contribution in [2.24, 2.45) is 0 Å². The van der Waals surface area contributed by atoms with Gasteiger partial charge >= 0.3 is 0 Å². The molecule has 0 bridgehead atoms. The Kier molecular flexibility index (Phi) is 12.8. The summed E-state index contributed by atoms with van der Waals surface area (Å²) in [6, 6.07) is 0.500. The maximum absolute atomic E-state index is 13.3. The number of halogens is 1. The zero-order valence-electron chi connectivity index (χ0n) is 12.9. The van der Waals surface area contributed by atoms with Gasteiger partial charge in [0.15, 0.2) is 0 Å². The molecule has 0 saturated carbocycles. The summed E-state index contributed by atoms with van der Waals surface area (Å²) in [6.07, 6.45) is 0.291. The average Bonchev–Trinajstić information content (AvgIpc) is 2.46. The largest absolute Gasteiger partial charge is 0.378 e. The first-order valence-electron chi connectivity index (χ1n) is 7.39. The van der Waals surface area contributed by atoms with Crippen LogP contribution in [-0.2, 0) is 14.3 Å². The SMILES string of the molecule is CCC(=O)NCC(F)COCCOCCNC(C)CC. The van der Waals surface area contributed by atoms with Crippen molar-refractivity contribution < 1.29 is 18.7 Å². The molecule has 2 unspecified atom stereocenters. The molecular formula is C14H29FN2O3. The van der Waals surface area contributed by atoms with E-state index in [2.05, 4.69) is 24.5 Å². The highest BCUT2D eigenvalue weighted by atomic mass is 19.1. The summed E-state index contributed by atoms with van der Waals surface area (Å²) in [7, 11) is 0. The highest BCUT2D eigenvalue weighted by Gasteiger charge is 2.07. The zero-order chi connectivity index (χ0) is 15.2. The van der Waals surface area contributed by atoms with Crippen LogP contribution in [0.15, 0.2) is 0 Å². The molecule has 120 valence electrons. The first kappa shape index (κ1) is 19.3. The van der Waals surface area contributed by atoms with Gasteiger partial charge in [0, 0.05) is 19.0 Å². The molecule has 2 N–H and O–H groups in total. The van der Waals surface area contributed by atoms with Gasteiger partial charge in [-0.15, -0.1) is 0 Å². The van der Waals surface area contributed by atoms with Gasteiger partial charge < -0.3 is 20.1 Å². The van der Waals surface area contributed by atoms with E-state index < -0.39 is 6.17 Å². The van der Waals surface area contributed by atoms with E-state index >= 15 is 0 Å². The second-order valence-corrected chi connectivity index (χ2v) is 4.71. The van der Waals surface area contributed by atoms with Crippen LogP contribution in [0.25, 0.3) is 0 Å². The molecule has 0 fully saturated rings. The van der Waals surface area contributed by atoms with Gasteiger partial charge in [-0.3, -0.25) is 4.79 Å². The molecule has 0 aliphatic rings. The van der Waals surface area contributed by atoms with Gasteiger partial charge in [0.05, 0.1) is 33.0 Å². The van der Waals surface area contributed by atoms with Crippen molar-refractivity contribution in [2.75, 3.05) is 39.5 Å². The van der Waals surface area contributed by atoms with Crippen LogP contribution < -0.4 is 10.6 Å². The molecule has 6 heteroatoms. The lowest BCUT2D eigenvalue weighted by molar-refractivity contribution is -0.121. The van der Waals surface area contributed by atoms with Crippen molar-refractivity contribution in [3.8, 4) is 0 Å². The molecule has 1 amide bonds. The van der Waals surface area contributed by atoms with Gasteiger partial charge in [0.1, 0.15) is 6.17 Å². The van der Waals surface area contributed by atoms with E-state index in [0.717, 1.165) is 13.0 Å². The Bertz CT molecular complexity index is 242. The lowest BCUT2D eigenvalue weighted by Crippen LogP contribution is -2.32. The van der Waals surface area contributed by atoms with E-state index in [9.17, 15) is 9.18 Å². The number of hydrogen-bond acceptors (Lipinski definition) is 4. The Morgan fingerprint density at radius 3 is 2.55 bits per heavy atom. The monoisotopic (exact) mass is 292 g/mol. The maximum atomic E-state index is 13.3. The number of alkyl halides is 1. The number of amides is 1. The summed E-state index contributed by atoms with van der Waals surface area (Å²) in [4.78, 5) is 10.9. The van der Waals surface area contributed by atoms with E-state index in [4.69, 9.17) is 9.47 Å². The molecule has 0 aromatic heterocycles. The first-order valence-corrected chi connectivity index (χ1v) is 7.39. The third-order valence-electron chi connectivity index (χ3n) is 2.86. The molecule has 20 heavy (non-hydrogen) atoms. The molecule has 0 aromatic rings. The summed E-state index contributed by atoms with van der Waals surface area (Å²) < 4.78 is 23.8. The van der Waals surface area contributed by atoms with Gasteiger partial charge in [-0.25, -0.2) is 4.39 Å². The van der Waals surface area contributed by atoms with Crippen molar-refractivity contribution in [1.82, 2.24) is 10.6 Å². The van der Waals surface area contributed by atoms with Gasteiger partial charge in [-0.1, -0.05) is 13.8 Å². The number of hydrogen-bond donors (Lipinski definition) is 2. The zero-order valence-corrected chi connectivity index (χ0v) is 12.9. The Hall–Kier alpha value is -0.720. The molecule has 0 aliphatic heterocycles. The molecule has 0 rings (SSSR count). The van der Waals surface area contributed by atoms with Crippen LogP contribution >= 0.6 is 0 Å². The van der Waals surface area contributed by atoms with E-state index in [1.165, 1.54) is 0 Å². The quantitative estimate of drug-likeness (QED) is 0.502. The summed E-state index contributed by atoms with van der Waals surface area (Å²) >= 11 is 0. The van der Waals surface area contributed by atoms with E-state index in [1.807, 2.05) is 0 Å². The predicted molar refractivity (Wildman–Crippen MR) is 77.6 cm³/mol. The molecule has 0 heterocycles. The van der Waals surface area contributed by atoms with Gasteiger partial charge in [-0.2, -0.15) is 0 Å². The molecule has 0 aliphatic carbocycles. The van der Waals surface area contributed by atoms with Gasteiger partial charge in [0.2, 0.25) is 5.91 Å². The second kappa shape index (κ2) is 13.3. The van der Waals surface area contributed by atoms with Crippen LogP contribution in [0.1, 0.15) is 33.6 Å². The molecule has 2 atom stereocenters. The van der Waals surface area contributed by atoms with Gasteiger partial charge in [0.25, 0.3) is 0 Å². The van der Waals surface area contributed by atoms with Crippen LogP contribution in [0.2, 0.25) is 0 Å². The van der Waals surface area contributed by atoms with Crippen LogP contribution in [-0.4, -0.2) is 57.6 Å². The normalized spacial score (nSPS) is 14.0. The van der Waals surface area contributed by atoms with Crippen LogP contribution in [0.5, 0.6) is 0 Å². The van der Waals surface area contributed by atoms with E-state index in [-0.39, 0.29) is 19.1 Å². The highest BCUT2D eigenvalue weighted by molar-refractivity contribution is 5.75. The van der Waals surface area contributed by atoms with Crippen LogP contribution in [0.3, 0.4) is 0 Å². The Morgan fingerprint density at radius 2 is 1.90 bits per heavy atom. The van der Waals surface area contributed by atoms with E-state index in [1.54, 1.807) is 6.92 Å². The summed E-state index contributed by atoms with van der Waals surface area (Å²) in [5, 5.41) is 5.79. The third kappa shape index (κ3) is 12.3. The lowest BCUT2D eigenvalue weighted by atomic mass is 10.3. The topological polar surface area (TPSA) is 59.6 Å². The Labute approximate surface area is 121 Å². The molecule has 0 saturated heterocycles. The number of rotatable bonds is 13. The third-order valence-corrected chi connectivity index (χ3v) is 2.86. The van der Waals surface area contributed by atoms with Crippen molar-refractivity contribution in [3.63, 3.8) is 0 Å². The van der Waals surface area contributed by atoms with Crippen LogP contribution in [0.4, 0.5) is 4.39 Å². The minimum absolute atomic E-state index is 0.00631. The fourth-order valence-corrected chi connectivity index (χ4v) is 1.36. The molecule has 0 aromatic carbocycles. The maximum Gasteiger partial charge on any atom is 0.219 e. The summed E-state index contributed by atoms with van der Waals surface area (Å²) in [5.74, 6) is -0.148. The summed E-state index contributed by atoms with van der Waals surface area (Å²) in [6.45, 7) is 8.23. The van der Waals surface area contributed by atoms with Crippen molar-refractivity contribution in [2.45, 2.75) is 45.8 Å². The number of carbonyl (C=O) groups is 1. The lowest BCUT2D eigenvalue weighted by Gasteiger charge is -2.12. The van der Waals surface area contributed by atoms with Crippen molar-refractivity contribution in [1.29, 1.82) is 0 Å². The average molecular weight is 292 g/mol. The number of ether oxygens (including phenoxy) is 2. The van der Waals surface area contributed by atoms with E-state index in [0.29, 0.717) is 32.3 Å². The smallest absolute Gasteiger partial charge is 0.219 e. The highest BCUT2D eigenvalue weighted by Crippen LogP contribution is 1.92. The fourth-order valence-electron chi connectivity index (χ4n) is 1.36.